The van der Waals surface area contributed by atoms with Crippen molar-refractivity contribution < 1.29 is 0 Å². The Bertz CT molecular complexity index is 836. The van der Waals surface area contributed by atoms with Crippen molar-refractivity contribution in [2.24, 2.45) is 0 Å². The Labute approximate surface area is 197 Å². The summed E-state index contributed by atoms with van der Waals surface area (Å²) in [6.45, 7) is 11.7. The van der Waals surface area contributed by atoms with Gasteiger partial charge in [0, 0.05) is 30.2 Å². The molecule has 0 unspecified atom stereocenters. The average Bonchev–Trinajstić information content (AvgIpc) is 3.02. The minimum Gasteiger partial charge on any atom is -0.385 e. The second-order valence-electron chi connectivity index (χ2n) is 6.22. The van der Waals surface area contributed by atoms with Crippen molar-refractivity contribution >= 4 is 65.7 Å². The molecule has 0 saturated heterocycles. The van der Waals surface area contributed by atoms with Crippen LogP contribution in [0.3, 0.4) is 0 Å². The molecule has 0 saturated carbocycles. The lowest BCUT2D eigenvalue weighted by atomic mass is 10.3. The molecule has 29 heavy (non-hydrogen) atoms. The SMILES string of the molecule is CCNc1ccc(Sc2nc3ccccc3n2CCN(CC)CC)cc1.Cl.Cl.Cl. The van der Waals surface area contributed by atoms with E-state index in [1.165, 1.54) is 10.4 Å². The van der Waals surface area contributed by atoms with E-state index in [0.29, 0.717) is 0 Å². The van der Waals surface area contributed by atoms with Crippen LogP contribution in [0.5, 0.6) is 0 Å². The lowest BCUT2D eigenvalue weighted by Crippen LogP contribution is -2.27. The molecule has 0 spiro atoms. The first-order chi connectivity index (χ1) is 12.7. The van der Waals surface area contributed by atoms with Crippen LogP contribution in [0.15, 0.2) is 58.6 Å². The second kappa shape index (κ2) is 14.0. The number of rotatable bonds is 9. The number of halogens is 3. The summed E-state index contributed by atoms with van der Waals surface area (Å²) in [4.78, 5) is 8.55. The number of imidazole rings is 1. The van der Waals surface area contributed by atoms with Gasteiger partial charge in [0.2, 0.25) is 0 Å². The molecular formula is C21H31Cl3N4S. The third kappa shape index (κ3) is 7.26. The monoisotopic (exact) mass is 476 g/mol. The molecular weight excluding hydrogens is 447 g/mol. The maximum Gasteiger partial charge on any atom is 0.173 e. The third-order valence-corrected chi connectivity index (χ3v) is 5.60. The zero-order valence-corrected chi connectivity index (χ0v) is 20.4. The molecule has 4 nitrogen and oxygen atoms in total. The molecule has 0 bridgehead atoms. The van der Waals surface area contributed by atoms with Gasteiger partial charge in [0.05, 0.1) is 11.0 Å². The van der Waals surface area contributed by atoms with Gasteiger partial charge in [-0.15, -0.1) is 37.2 Å². The molecule has 1 aromatic heterocycles. The summed E-state index contributed by atoms with van der Waals surface area (Å²) >= 11 is 1.74. The van der Waals surface area contributed by atoms with Gasteiger partial charge in [-0.25, -0.2) is 4.98 Å². The van der Waals surface area contributed by atoms with Crippen LogP contribution in [-0.2, 0) is 6.54 Å². The number of likely N-dealkylation sites (N-methyl/N-ethyl adjacent to an activating group) is 1. The molecule has 2 aromatic carbocycles. The zero-order valence-electron chi connectivity index (χ0n) is 17.1. The van der Waals surface area contributed by atoms with Gasteiger partial charge in [-0.3, -0.25) is 0 Å². The van der Waals surface area contributed by atoms with Crippen molar-refractivity contribution in [3.63, 3.8) is 0 Å². The molecule has 0 fully saturated rings. The first-order valence-electron chi connectivity index (χ1n) is 9.44. The van der Waals surface area contributed by atoms with E-state index < -0.39 is 0 Å². The normalized spacial score (nSPS) is 10.2. The van der Waals surface area contributed by atoms with Crippen LogP contribution in [0.4, 0.5) is 5.69 Å². The number of anilines is 1. The van der Waals surface area contributed by atoms with Crippen molar-refractivity contribution in [3.8, 4) is 0 Å². The number of hydrogen-bond acceptors (Lipinski definition) is 4. The van der Waals surface area contributed by atoms with Crippen LogP contribution in [0.1, 0.15) is 20.8 Å². The summed E-state index contributed by atoms with van der Waals surface area (Å²) in [6, 6.07) is 17.0. The highest BCUT2D eigenvalue weighted by Crippen LogP contribution is 2.31. The number of aromatic nitrogens is 2. The Morgan fingerprint density at radius 1 is 0.931 bits per heavy atom. The van der Waals surface area contributed by atoms with Gasteiger partial charge in [-0.05, 0) is 56.4 Å². The predicted molar refractivity (Wildman–Crippen MR) is 134 cm³/mol. The Kier molecular flexibility index (Phi) is 13.5. The molecule has 0 aliphatic rings. The van der Waals surface area contributed by atoms with Crippen molar-refractivity contribution in [1.29, 1.82) is 0 Å². The van der Waals surface area contributed by atoms with E-state index in [1.54, 1.807) is 11.8 Å². The number of para-hydroxylation sites is 2. The van der Waals surface area contributed by atoms with Crippen molar-refractivity contribution in [2.75, 3.05) is 31.5 Å². The van der Waals surface area contributed by atoms with Crippen molar-refractivity contribution in [2.45, 2.75) is 37.4 Å². The first-order valence-corrected chi connectivity index (χ1v) is 10.3. The summed E-state index contributed by atoms with van der Waals surface area (Å²) < 4.78 is 2.36. The molecule has 1 heterocycles. The van der Waals surface area contributed by atoms with E-state index in [4.69, 9.17) is 4.98 Å². The minimum atomic E-state index is 0. The van der Waals surface area contributed by atoms with Crippen LogP contribution in [0.2, 0.25) is 0 Å². The fraction of sp³-hybridized carbons (Fsp3) is 0.381. The average molecular weight is 478 g/mol. The van der Waals surface area contributed by atoms with Gasteiger partial charge >= 0.3 is 0 Å². The molecule has 3 aromatic rings. The quantitative estimate of drug-likeness (QED) is 0.396. The highest BCUT2D eigenvalue weighted by Gasteiger charge is 2.12. The van der Waals surface area contributed by atoms with Crippen molar-refractivity contribution in [1.82, 2.24) is 14.5 Å². The zero-order chi connectivity index (χ0) is 18.4. The van der Waals surface area contributed by atoms with Gasteiger partial charge in [0.1, 0.15) is 0 Å². The fourth-order valence-corrected chi connectivity index (χ4v) is 4.01. The molecule has 1 N–H and O–H groups in total. The number of nitrogens with zero attached hydrogens (tertiary/aromatic N) is 3. The summed E-state index contributed by atoms with van der Waals surface area (Å²) in [5, 5.41) is 4.41. The molecule has 0 amide bonds. The van der Waals surface area contributed by atoms with Crippen LogP contribution in [0.25, 0.3) is 11.0 Å². The number of hydrogen-bond donors (Lipinski definition) is 1. The number of fused-ring (bicyclic) bond motifs is 1. The number of benzene rings is 2. The maximum atomic E-state index is 4.89. The Morgan fingerprint density at radius 2 is 1.59 bits per heavy atom. The smallest absolute Gasteiger partial charge is 0.173 e. The van der Waals surface area contributed by atoms with Crippen LogP contribution < -0.4 is 5.32 Å². The first kappa shape index (κ1) is 27.9. The molecule has 0 aliphatic carbocycles. The summed E-state index contributed by atoms with van der Waals surface area (Å²) in [5.41, 5.74) is 3.44. The molecule has 0 radical (unpaired) electrons. The van der Waals surface area contributed by atoms with E-state index in [1.807, 2.05) is 0 Å². The lowest BCUT2D eigenvalue weighted by molar-refractivity contribution is 0.288. The third-order valence-electron chi connectivity index (χ3n) is 4.60. The van der Waals surface area contributed by atoms with Gasteiger partial charge in [-0.2, -0.15) is 0 Å². The summed E-state index contributed by atoms with van der Waals surface area (Å²) in [7, 11) is 0. The standard InChI is InChI=1S/C21H28N4S.3ClH/c1-4-22-17-11-13-18(14-12-17)26-21-23-19-9-7-8-10-20(19)25(21)16-15-24(5-2)6-3;;;/h7-14,22H,4-6,15-16H2,1-3H3;3*1H. The fourth-order valence-electron chi connectivity index (χ4n) is 3.08. The molecule has 0 atom stereocenters. The summed E-state index contributed by atoms with van der Waals surface area (Å²) in [5.74, 6) is 0. The predicted octanol–water partition coefficient (Wildman–Crippen LogP) is 6.23. The Morgan fingerprint density at radius 3 is 2.21 bits per heavy atom. The van der Waals surface area contributed by atoms with E-state index in [-0.39, 0.29) is 37.2 Å². The lowest BCUT2D eigenvalue weighted by Gasteiger charge is -2.19. The molecule has 162 valence electrons. The highest BCUT2D eigenvalue weighted by atomic mass is 35.5. The largest absolute Gasteiger partial charge is 0.385 e. The molecule has 0 aliphatic heterocycles. The topological polar surface area (TPSA) is 33.1 Å². The van der Waals surface area contributed by atoms with Crippen LogP contribution in [-0.4, -0.2) is 40.6 Å². The summed E-state index contributed by atoms with van der Waals surface area (Å²) in [6.07, 6.45) is 0. The van der Waals surface area contributed by atoms with Gasteiger partial charge in [-0.1, -0.05) is 37.7 Å². The van der Waals surface area contributed by atoms with E-state index in [2.05, 4.69) is 84.1 Å². The molecule has 8 heteroatoms. The Balaban J connectivity index is 0.00000261. The van der Waals surface area contributed by atoms with Gasteiger partial charge in [0.25, 0.3) is 0 Å². The maximum absolute atomic E-state index is 4.89. The van der Waals surface area contributed by atoms with E-state index >= 15 is 0 Å². The van der Waals surface area contributed by atoms with Gasteiger partial charge < -0.3 is 14.8 Å². The molecule has 3 rings (SSSR count). The van der Waals surface area contributed by atoms with Crippen LogP contribution in [0, 0.1) is 0 Å². The highest BCUT2D eigenvalue weighted by molar-refractivity contribution is 7.99. The van der Waals surface area contributed by atoms with Crippen LogP contribution >= 0.6 is 49.0 Å². The van der Waals surface area contributed by atoms with Gasteiger partial charge in [0.15, 0.2) is 5.16 Å². The Hall–Kier alpha value is -1.11. The van der Waals surface area contributed by atoms with E-state index in [9.17, 15) is 0 Å². The second-order valence-corrected chi connectivity index (χ2v) is 7.26. The van der Waals surface area contributed by atoms with Crippen molar-refractivity contribution in [3.05, 3.63) is 48.5 Å². The van der Waals surface area contributed by atoms with E-state index in [0.717, 1.165) is 49.1 Å². The minimum absolute atomic E-state index is 0. The number of nitrogens with one attached hydrogen (secondary N) is 1.